The van der Waals surface area contributed by atoms with E-state index in [9.17, 15) is 22.8 Å². The van der Waals surface area contributed by atoms with Crippen LogP contribution in [-0.4, -0.2) is 28.0 Å². The highest BCUT2D eigenvalue weighted by Gasteiger charge is 2.30. The zero-order valence-electron chi connectivity index (χ0n) is 18.4. The number of halogens is 3. The molecule has 1 aliphatic carbocycles. The van der Waals surface area contributed by atoms with E-state index in [1.54, 1.807) is 6.20 Å². The molecule has 1 aliphatic rings. The first-order valence-electron chi connectivity index (χ1n) is 11.1. The standard InChI is InChI=1S/C25H25F3N4O2/c26-25(27,28)19-5-3-17(4-6-19)18-12-22(23(33)31-15-18)24(34)32-21-9-7-20(8-10-21)30-14-16-2-1-11-29-13-16/h1-6,11-13,15,20-21,30H,7-10,14H2,(H,31,33)(H,32,34). The Hall–Kier alpha value is -3.46. The molecule has 0 aliphatic heterocycles. The molecule has 0 atom stereocenters. The van der Waals surface area contributed by atoms with Gasteiger partial charge in [0.1, 0.15) is 5.56 Å². The summed E-state index contributed by atoms with van der Waals surface area (Å²) in [5.74, 6) is -0.484. The largest absolute Gasteiger partial charge is 0.416 e. The molecule has 1 amide bonds. The van der Waals surface area contributed by atoms with Gasteiger partial charge < -0.3 is 15.6 Å². The summed E-state index contributed by atoms with van der Waals surface area (Å²) in [5.41, 5.74) is 0.684. The van der Waals surface area contributed by atoms with Crippen LogP contribution in [-0.2, 0) is 12.7 Å². The highest BCUT2D eigenvalue weighted by atomic mass is 19.4. The molecule has 0 saturated heterocycles. The molecule has 0 radical (unpaired) electrons. The van der Waals surface area contributed by atoms with E-state index in [-0.39, 0.29) is 11.6 Å². The Kier molecular flexibility index (Phi) is 7.12. The molecule has 3 N–H and O–H groups in total. The number of alkyl halides is 3. The monoisotopic (exact) mass is 470 g/mol. The molecule has 9 heteroatoms. The van der Waals surface area contributed by atoms with E-state index in [1.807, 2.05) is 18.3 Å². The lowest BCUT2D eigenvalue weighted by Crippen LogP contribution is -2.43. The maximum Gasteiger partial charge on any atom is 0.416 e. The van der Waals surface area contributed by atoms with E-state index in [1.165, 1.54) is 24.4 Å². The summed E-state index contributed by atoms with van der Waals surface area (Å²) < 4.78 is 38.4. The number of rotatable bonds is 6. The second kappa shape index (κ2) is 10.2. The van der Waals surface area contributed by atoms with Crippen LogP contribution < -0.4 is 16.2 Å². The maximum absolute atomic E-state index is 12.8. The Morgan fingerprint density at radius 3 is 2.38 bits per heavy atom. The summed E-state index contributed by atoms with van der Waals surface area (Å²) in [5, 5.41) is 6.45. The smallest absolute Gasteiger partial charge is 0.349 e. The van der Waals surface area contributed by atoms with Crippen molar-refractivity contribution in [2.45, 2.75) is 50.5 Å². The number of aromatic nitrogens is 2. The molecule has 2 heterocycles. The number of nitrogens with one attached hydrogen (secondary N) is 3. The van der Waals surface area contributed by atoms with Crippen molar-refractivity contribution in [1.29, 1.82) is 0 Å². The van der Waals surface area contributed by atoms with Crippen LogP contribution in [0.5, 0.6) is 0 Å². The van der Waals surface area contributed by atoms with Crippen molar-refractivity contribution < 1.29 is 18.0 Å². The zero-order valence-corrected chi connectivity index (χ0v) is 18.4. The van der Waals surface area contributed by atoms with Gasteiger partial charge in [0.05, 0.1) is 5.56 Å². The predicted octanol–water partition coefficient (Wildman–Crippen LogP) is 4.29. The van der Waals surface area contributed by atoms with E-state index in [4.69, 9.17) is 0 Å². The summed E-state index contributed by atoms with van der Waals surface area (Å²) >= 11 is 0. The molecule has 0 bridgehead atoms. The summed E-state index contributed by atoms with van der Waals surface area (Å²) in [6.45, 7) is 0.738. The molecule has 6 nitrogen and oxygen atoms in total. The summed E-state index contributed by atoms with van der Waals surface area (Å²) in [6, 6.07) is 10.2. The molecule has 0 spiro atoms. The van der Waals surface area contributed by atoms with E-state index in [0.29, 0.717) is 17.2 Å². The second-order valence-corrected chi connectivity index (χ2v) is 8.47. The van der Waals surface area contributed by atoms with Gasteiger partial charge in [-0.25, -0.2) is 0 Å². The number of hydrogen-bond donors (Lipinski definition) is 3. The third-order valence-electron chi connectivity index (χ3n) is 6.07. The fourth-order valence-corrected chi connectivity index (χ4v) is 4.14. The predicted molar refractivity (Wildman–Crippen MR) is 122 cm³/mol. The quantitative estimate of drug-likeness (QED) is 0.502. The first-order valence-corrected chi connectivity index (χ1v) is 11.1. The topological polar surface area (TPSA) is 86.9 Å². The third-order valence-corrected chi connectivity index (χ3v) is 6.07. The molecule has 1 saturated carbocycles. The highest BCUT2D eigenvalue weighted by Crippen LogP contribution is 2.31. The zero-order chi connectivity index (χ0) is 24.1. The van der Waals surface area contributed by atoms with Gasteiger partial charge in [0, 0.05) is 37.2 Å². The maximum atomic E-state index is 12.8. The fraction of sp³-hybridized carbons (Fsp3) is 0.320. The lowest BCUT2D eigenvalue weighted by Gasteiger charge is -2.29. The number of pyridine rings is 2. The van der Waals surface area contributed by atoms with Gasteiger partial charge in [-0.15, -0.1) is 0 Å². The number of aromatic amines is 1. The molecule has 0 unspecified atom stereocenters. The van der Waals surface area contributed by atoms with E-state index >= 15 is 0 Å². The summed E-state index contributed by atoms with van der Waals surface area (Å²) in [6.07, 6.45) is 3.89. The van der Waals surface area contributed by atoms with Gasteiger partial charge >= 0.3 is 6.18 Å². The average molecular weight is 470 g/mol. The normalized spacial score (nSPS) is 18.4. The van der Waals surface area contributed by atoms with Crippen molar-refractivity contribution in [3.8, 4) is 11.1 Å². The number of carbonyl (C=O) groups is 1. The molecule has 1 fully saturated rings. The van der Waals surface area contributed by atoms with Crippen LogP contribution in [0, 0.1) is 0 Å². The summed E-state index contributed by atoms with van der Waals surface area (Å²) in [4.78, 5) is 31.7. The number of hydrogen-bond acceptors (Lipinski definition) is 4. The molecule has 1 aromatic carbocycles. The number of carbonyl (C=O) groups excluding carboxylic acids is 1. The molecule has 4 rings (SSSR count). The molecular formula is C25H25F3N4O2. The lowest BCUT2D eigenvalue weighted by molar-refractivity contribution is -0.137. The lowest BCUT2D eigenvalue weighted by atomic mass is 9.91. The van der Waals surface area contributed by atoms with Gasteiger partial charge in [0.15, 0.2) is 0 Å². The number of amides is 1. The minimum Gasteiger partial charge on any atom is -0.349 e. The van der Waals surface area contributed by atoms with Crippen molar-refractivity contribution in [3.05, 3.63) is 88.1 Å². The molecule has 3 aromatic rings. The highest BCUT2D eigenvalue weighted by molar-refractivity contribution is 5.95. The minimum absolute atomic E-state index is 0.0435. The Morgan fingerprint density at radius 2 is 1.74 bits per heavy atom. The first kappa shape index (κ1) is 23.7. The van der Waals surface area contributed by atoms with Crippen LogP contribution in [0.1, 0.15) is 47.2 Å². The number of H-pyrrole nitrogens is 1. The number of nitrogens with zero attached hydrogens (tertiary/aromatic N) is 1. The van der Waals surface area contributed by atoms with Gasteiger partial charge in [-0.05, 0) is 66.6 Å². The van der Waals surface area contributed by atoms with Crippen molar-refractivity contribution in [2.24, 2.45) is 0 Å². The van der Waals surface area contributed by atoms with Crippen molar-refractivity contribution in [1.82, 2.24) is 20.6 Å². The van der Waals surface area contributed by atoms with Crippen LogP contribution in [0.15, 0.2) is 65.8 Å². The van der Waals surface area contributed by atoms with Crippen molar-refractivity contribution in [3.63, 3.8) is 0 Å². The summed E-state index contributed by atoms with van der Waals surface area (Å²) in [7, 11) is 0. The Bertz CT molecular complexity index is 1170. The van der Waals surface area contributed by atoms with E-state index in [2.05, 4.69) is 20.6 Å². The average Bonchev–Trinajstić information content (AvgIpc) is 2.84. The van der Waals surface area contributed by atoms with Crippen LogP contribution in [0.25, 0.3) is 11.1 Å². The first-order chi connectivity index (χ1) is 16.3. The Morgan fingerprint density at radius 1 is 1.03 bits per heavy atom. The van der Waals surface area contributed by atoms with Gasteiger partial charge in [0.2, 0.25) is 0 Å². The van der Waals surface area contributed by atoms with Gasteiger partial charge in [-0.3, -0.25) is 14.6 Å². The van der Waals surface area contributed by atoms with E-state index in [0.717, 1.165) is 49.9 Å². The van der Waals surface area contributed by atoms with Gasteiger partial charge in [-0.1, -0.05) is 18.2 Å². The number of benzene rings is 1. The Labute approximate surface area is 194 Å². The Balaban J connectivity index is 1.35. The van der Waals surface area contributed by atoms with Crippen LogP contribution in [0.2, 0.25) is 0 Å². The van der Waals surface area contributed by atoms with Crippen LogP contribution in [0.4, 0.5) is 13.2 Å². The fourth-order valence-electron chi connectivity index (χ4n) is 4.14. The third kappa shape index (κ3) is 5.91. The van der Waals surface area contributed by atoms with Crippen LogP contribution in [0.3, 0.4) is 0 Å². The van der Waals surface area contributed by atoms with Gasteiger partial charge in [0.25, 0.3) is 11.5 Å². The molecule has 34 heavy (non-hydrogen) atoms. The van der Waals surface area contributed by atoms with E-state index < -0.39 is 23.2 Å². The van der Waals surface area contributed by atoms with Crippen LogP contribution >= 0.6 is 0 Å². The van der Waals surface area contributed by atoms with Gasteiger partial charge in [-0.2, -0.15) is 13.2 Å². The van der Waals surface area contributed by atoms with Crippen molar-refractivity contribution >= 4 is 5.91 Å². The molecule has 2 aromatic heterocycles. The minimum atomic E-state index is -4.43. The molecular weight excluding hydrogens is 445 g/mol. The van der Waals surface area contributed by atoms with Crippen molar-refractivity contribution in [2.75, 3.05) is 0 Å². The second-order valence-electron chi connectivity index (χ2n) is 8.47. The molecule has 178 valence electrons. The SMILES string of the molecule is O=C(NC1CCC(NCc2cccnc2)CC1)c1cc(-c2ccc(C(F)(F)F)cc2)c[nH]c1=O.